The van der Waals surface area contributed by atoms with Crippen LogP contribution in [0.3, 0.4) is 0 Å². The van der Waals surface area contributed by atoms with E-state index in [0.717, 1.165) is 5.56 Å². The number of hydrogen-bond donors (Lipinski definition) is 2. The predicted octanol–water partition coefficient (Wildman–Crippen LogP) is 1.95. The van der Waals surface area contributed by atoms with E-state index in [2.05, 4.69) is 19.2 Å². The van der Waals surface area contributed by atoms with Crippen molar-refractivity contribution in [3.63, 3.8) is 0 Å². The molecule has 1 aromatic carbocycles. The van der Waals surface area contributed by atoms with E-state index in [-0.39, 0.29) is 18.0 Å². The average Bonchev–Trinajstić information content (AvgIpc) is 2.19. The van der Waals surface area contributed by atoms with Crippen LogP contribution >= 0.6 is 0 Å². The third kappa shape index (κ3) is 3.01. The van der Waals surface area contributed by atoms with Gasteiger partial charge in [0.25, 0.3) is 0 Å². The number of aliphatic hydroxyl groups excluding tert-OH is 1. The molecule has 0 radical (unpaired) electrons. The summed E-state index contributed by atoms with van der Waals surface area (Å²) < 4.78 is 13.1. The van der Waals surface area contributed by atoms with Gasteiger partial charge in [0.1, 0.15) is 5.82 Å². The van der Waals surface area contributed by atoms with E-state index in [4.69, 9.17) is 5.11 Å². The van der Waals surface area contributed by atoms with Gasteiger partial charge in [-0.05, 0) is 24.1 Å². The summed E-state index contributed by atoms with van der Waals surface area (Å²) in [7, 11) is 0. The Morgan fingerprint density at radius 3 is 2.60 bits per heavy atom. The first-order valence-corrected chi connectivity index (χ1v) is 5.05. The Balaban J connectivity index is 2.89. The Labute approximate surface area is 90.1 Å². The molecule has 0 atom stereocenters. The second-order valence-corrected chi connectivity index (χ2v) is 4.43. The van der Waals surface area contributed by atoms with Crippen LogP contribution in [-0.2, 0) is 5.41 Å². The summed E-state index contributed by atoms with van der Waals surface area (Å²) in [4.78, 5) is 0. The summed E-state index contributed by atoms with van der Waals surface area (Å²) in [6.07, 6.45) is 0. The van der Waals surface area contributed by atoms with Crippen molar-refractivity contribution in [3.05, 3.63) is 35.1 Å². The zero-order chi connectivity index (χ0) is 11.5. The number of benzene rings is 1. The lowest BCUT2D eigenvalue weighted by Crippen LogP contribution is -2.33. The lowest BCUT2D eigenvalue weighted by atomic mass is 9.84. The smallest absolute Gasteiger partial charge is 0.126 e. The van der Waals surface area contributed by atoms with Crippen molar-refractivity contribution in [2.45, 2.75) is 26.2 Å². The van der Waals surface area contributed by atoms with Crippen molar-refractivity contribution >= 4 is 0 Å². The Bertz CT molecular complexity index is 336. The molecule has 0 saturated carbocycles. The molecule has 0 bridgehead atoms. The van der Waals surface area contributed by atoms with Crippen LogP contribution < -0.4 is 5.32 Å². The van der Waals surface area contributed by atoms with Crippen LogP contribution in [0.5, 0.6) is 0 Å². The summed E-state index contributed by atoms with van der Waals surface area (Å²) in [5, 5.41) is 11.6. The summed E-state index contributed by atoms with van der Waals surface area (Å²) in [6.45, 7) is 6.50. The molecule has 0 unspecified atom stereocenters. The van der Waals surface area contributed by atoms with E-state index in [1.54, 1.807) is 13.0 Å². The van der Waals surface area contributed by atoms with Crippen molar-refractivity contribution < 1.29 is 9.50 Å². The summed E-state index contributed by atoms with van der Waals surface area (Å²) in [5.41, 5.74) is 1.62. The van der Waals surface area contributed by atoms with Gasteiger partial charge in [0.2, 0.25) is 0 Å². The van der Waals surface area contributed by atoms with E-state index in [0.29, 0.717) is 12.1 Å². The van der Waals surface area contributed by atoms with E-state index < -0.39 is 0 Å². The maximum Gasteiger partial charge on any atom is 0.126 e. The number of rotatable bonds is 4. The highest BCUT2D eigenvalue weighted by Gasteiger charge is 2.20. The molecular weight excluding hydrogens is 193 g/mol. The minimum atomic E-state index is -0.176. The zero-order valence-corrected chi connectivity index (χ0v) is 9.47. The molecule has 0 amide bonds. The Hall–Kier alpha value is -0.930. The van der Waals surface area contributed by atoms with E-state index in [1.165, 1.54) is 6.07 Å². The SMILES string of the molecule is Cc1cc(C(C)(C)CNCO)ccc1F. The molecule has 2 N–H and O–H groups in total. The second kappa shape index (κ2) is 4.73. The molecule has 0 aliphatic heterocycles. The Morgan fingerprint density at radius 1 is 1.40 bits per heavy atom. The third-order valence-electron chi connectivity index (χ3n) is 2.62. The molecule has 1 rings (SSSR count). The van der Waals surface area contributed by atoms with Gasteiger partial charge in [0.05, 0.1) is 6.73 Å². The number of halogens is 1. The summed E-state index contributed by atoms with van der Waals surface area (Å²) >= 11 is 0. The van der Waals surface area contributed by atoms with Crippen molar-refractivity contribution in [1.82, 2.24) is 5.32 Å². The van der Waals surface area contributed by atoms with Gasteiger partial charge in [-0.15, -0.1) is 0 Å². The first kappa shape index (κ1) is 12.1. The van der Waals surface area contributed by atoms with Crippen LogP contribution in [0.4, 0.5) is 4.39 Å². The molecule has 0 heterocycles. The molecular formula is C12H18FNO. The van der Waals surface area contributed by atoms with Gasteiger partial charge in [0, 0.05) is 12.0 Å². The average molecular weight is 211 g/mol. The molecule has 1 aromatic rings. The highest BCUT2D eigenvalue weighted by molar-refractivity contribution is 5.29. The lowest BCUT2D eigenvalue weighted by Gasteiger charge is -2.25. The van der Waals surface area contributed by atoms with Crippen LogP contribution in [0.25, 0.3) is 0 Å². The van der Waals surface area contributed by atoms with Gasteiger partial charge in [-0.2, -0.15) is 0 Å². The largest absolute Gasteiger partial charge is 0.381 e. The molecule has 3 heteroatoms. The number of aliphatic hydroxyl groups is 1. The van der Waals surface area contributed by atoms with Crippen molar-refractivity contribution in [2.24, 2.45) is 0 Å². The zero-order valence-electron chi connectivity index (χ0n) is 9.47. The fourth-order valence-corrected chi connectivity index (χ4v) is 1.54. The number of aryl methyl sites for hydroxylation is 1. The van der Waals surface area contributed by atoms with Crippen LogP contribution in [0.1, 0.15) is 25.0 Å². The standard InChI is InChI=1S/C12H18FNO/c1-9-6-10(4-5-11(9)13)12(2,3)7-14-8-15/h4-6,14-15H,7-8H2,1-3H3. The van der Waals surface area contributed by atoms with Gasteiger partial charge < -0.3 is 5.11 Å². The lowest BCUT2D eigenvalue weighted by molar-refractivity contribution is 0.247. The minimum absolute atomic E-state index is 0.0381. The first-order valence-electron chi connectivity index (χ1n) is 5.05. The van der Waals surface area contributed by atoms with E-state index in [1.807, 2.05) is 6.07 Å². The minimum Gasteiger partial charge on any atom is -0.381 e. The normalized spacial score (nSPS) is 11.8. The van der Waals surface area contributed by atoms with Crippen molar-refractivity contribution in [1.29, 1.82) is 0 Å². The highest BCUT2D eigenvalue weighted by atomic mass is 19.1. The van der Waals surface area contributed by atoms with Gasteiger partial charge in [0.15, 0.2) is 0 Å². The third-order valence-corrected chi connectivity index (χ3v) is 2.62. The maximum absolute atomic E-state index is 13.1. The Morgan fingerprint density at radius 2 is 2.07 bits per heavy atom. The Kier molecular flexibility index (Phi) is 3.83. The molecule has 0 aromatic heterocycles. The van der Waals surface area contributed by atoms with Crippen LogP contribution in [0, 0.1) is 12.7 Å². The molecule has 2 nitrogen and oxygen atoms in total. The quantitative estimate of drug-likeness (QED) is 0.746. The highest BCUT2D eigenvalue weighted by Crippen LogP contribution is 2.24. The fraction of sp³-hybridized carbons (Fsp3) is 0.500. The molecule has 15 heavy (non-hydrogen) atoms. The monoisotopic (exact) mass is 211 g/mol. The summed E-state index contributed by atoms with van der Waals surface area (Å²) in [6, 6.07) is 5.14. The fourth-order valence-electron chi connectivity index (χ4n) is 1.54. The maximum atomic E-state index is 13.1. The number of hydrogen-bond acceptors (Lipinski definition) is 2. The van der Waals surface area contributed by atoms with Crippen LogP contribution in [-0.4, -0.2) is 18.4 Å². The van der Waals surface area contributed by atoms with Crippen LogP contribution in [0.2, 0.25) is 0 Å². The van der Waals surface area contributed by atoms with Crippen LogP contribution in [0.15, 0.2) is 18.2 Å². The molecule has 0 fully saturated rings. The van der Waals surface area contributed by atoms with Crippen molar-refractivity contribution in [3.8, 4) is 0 Å². The molecule has 0 spiro atoms. The van der Waals surface area contributed by atoms with Gasteiger partial charge >= 0.3 is 0 Å². The van der Waals surface area contributed by atoms with Gasteiger partial charge in [-0.3, -0.25) is 5.32 Å². The molecule has 84 valence electrons. The van der Waals surface area contributed by atoms with E-state index >= 15 is 0 Å². The number of nitrogens with one attached hydrogen (secondary N) is 1. The first-order chi connectivity index (χ1) is 6.97. The topological polar surface area (TPSA) is 32.3 Å². The van der Waals surface area contributed by atoms with Gasteiger partial charge in [-0.1, -0.05) is 26.0 Å². The van der Waals surface area contributed by atoms with Crippen molar-refractivity contribution in [2.75, 3.05) is 13.3 Å². The molecule has 0 aliphatic rings. The van der Waals surface area contributed by atoms with E-state index in [9.17, 15) is 4.39 Å². The summed E-state index contributed by atoms with van der Waals surface area (Å²) in [5.74, 6) is -0.176. The second-order valence-electron chi connectivity index (χ2n) is 4.43. The predicted molar refractivity (Wildman–Crippen MR) is 59.3 cm³/mol. The molecule has 0 saturated heterocycles. The van der Waals surface area contributed by atoms with Gasteiger partial charge in [-0.25, -0.2) is 4.39 Å². The molecule has 0 aliphatic carbocycles.